The number of amides is 1. The van der Waals surface area contributed by atoms with Gasteiger partial charge in [-0.05, 0) is 24.6 Å². The Balaban J connectivity index is 1.99. The molecular formula is C19H23ClN2O3. The van der Waals surface area contributed by atoms with Crippen molar-refractivity contribution in [3.05, 3.63) is 59.1 Å². The molecule has 2 rings (SSSR count). The van der Waals surface area contributed by atoms with Crippen LogP contribution in [0, 0.1) is 0 Å². The number of anilines is 1. The maximum atomic E-state index is 12.3. The molecule has 0 saturated carbocycles. The summed E-state index contributed by atoms with van der Waals surface area (Å²) in [5.41, 5.74) is 7.53. The second-order valence-electron chi connectivity index (χ2n) is 5.43. The number of carbonyl (C=O) groups is 1. The molecule has 0 aliphatic rings. The summed E-state index contributed by atoms with van der Waals surface area (Å²) >= 11 is 6.19. The fourth-order valence-electron chi connectivity index (χ4n) is 2.32. The molecule has 1 unspecified atom stereocenters. The lowest BCUT2D eigenvalue weighted by atomic mass is 10.0. The Labute approximate surface area is 153 Å². The topological polar surface area (TPSA) is 73.6 Å². The maximum absolute atomic E-state index is 12.3. The Morgan fingerprint density at radius 2 is 1.92 bits per heavy atom. The molecule has 25 heavy (non-hydrogen) atoms. The minimum Gasteiger partial charge on any atom is -0.487 e. The first-order valence-electron chi connectivity index (χ1n) is 8.21. The number of ether oxygens (including phenoxy) is 2. The number of halogens is 1. The summed E-state index contributed by atoms with van der Waals surface area (Å²) in [7, 11) is 0. The van der Waals surface area contributed by atoms with Crippen molar-refractivity contribution in [3.63, 3.8) is 0 Å². The third-order valence-electron chi connectivity index (χ3n) is 3.55. The highest BCUT2D eigenvalue weighted by atomic mass is 35.5. The van der Waals surface area contributed by atoms with E-state index in [-0.39, 0.29) is 18.4 Å². The van der Waals surface area contributed by atoms with Gasteiger partial charge in [-0.1, -0.05) is 48.0 Å². The number of nitrogens with one attached hydrogen (secondary N) is 1. The van der Waals surface area contributed by atoms with Gasteiger partial charge in [-0.3, -0.25) is 4.79 Å². The second-order valence-corrected chi connectivity index (χ2v) is 5.84. The van der Waals surface area contributed by atoms with Crippen LogP contribution in [0.4, 0.5) is 5.69 Å². The third-order valence-corrected chi connectivity index (χ3v) is 3.85. The zero-order valence-electron chi connectivity index (χ0n) is 14.2. The molecule has 3 N–H and O–H groups in total. The van der Waals surface area contributed by atoms with E-state index in [4.69, 9.17) is 26.8 Å². The van der Waals surface area contributed by atoms with Crippen LogP contribution in [0.1, 0.15) is 24.9 Å². The first-order valence-corrected chi connectivity index (χ1v) is 8.59. The van der Waals surface area contributed by atoms with Gasteiger partial charge in [0.15, 0.2) is 5.75 Å². The number of rotatable bonds is 9. The van der Waals surface area contributed by atoms with Crippen molar-refractivity contribution < 1.29 is 14.3 Å². The molecule has 0 heterocycles. The number of nitrogens with two attached hydrogens (primary N) is 1. The Morgan fingerprint density at radius 3 is 2.64 bits per heavy atom. The van der Waals surface area contributed by atoms with Crippen molar-refractivity contribution in [2.75, 3.05) is 25.1 Å². The normalized spacial score (nSPS) is 11.8. The predicted molar refractivity (Wildman–Crippen MR) is 100 cm³/mol. The van der Waals surface area contributed by atoms with Crippen molar-refractivity contribution in [1.29, 1.82) is 0 Å². The quantitative estimate of drug-likeness (QED) is 0.666. The van der Waals surface area contributed by atoms with Crippen LogP contribution in [0.5, 0.6) is 5.75 Å². The highest BCUT2D eigenvalue weighted by Gasteiger charge is 2.15. The van der Waals surface area contributed by atoms with Crippen LogP contribution in [0.2, 0.25) is 5.02 Å². The first kappa shape index (κ1) is 19.2. The largest absolute Gasteiger partial charge is 0.487 e. The minimum atomic E-state index is -0.372. The Hall–Kier alpha value is -2.08. The molecule has 6 heteroatoms. The average molecular weight is 363 g/mol. The average Bonchev–Trinajstić information content (AvgIpc) is 2.61. The van der Waals surface area contributed by atoms with E-state index in [9.17, 15) is 4.79 Å². The number of hydrogen-bond acceptors (Lipinski definition) is 4. The molecule has 0 fully saturated rings. The lowest BCUT2D eigenvalue weighted by Gasteiger charge is -2.16. The minimum absolute atomic E-state index is 0.162. The zero-order chi connectivity index (χ0) is 18.1. The lowest BCUT2D eigenvalue weighted by molar-refractivity contribution is -0.116. The monoisotopic (exact) mass is 362 g/mol. The van der Waals surface area contributed by atoms with E-state index >= 15 is 0 Å². The van der Waals surface area contributed by atoms with Gasteiger partial charge in [0, 0.05) is 19.1 Å². The number of hydrogen-bond donors (Lipinski definition) is 2. The molecule has 0 aliphatic heterocycles. The molecule has 5 nitrogen and oxygen atoms in total. The van der Waals surface area contributed by atoms with Crippen LogP contribution in [-0.2, 0) is 9.53 Å². The van der Waals surface area contributed by atoms with Gasteiger partial charge >= 0.3 is 0 Å². The van der Waals surface area contributed by atoms with Gasteiger partial charge in [-0.2, -0.15) is 0 Å². The molecule has 0 aromatic heterocycles. The van der Waals surface area contributed by atoms with Crippen LogP contribution >= 0.6 is 11.6 Å². The summed E-state index contributed by atoms with van der Waals surface area (Å²) in [4.78, 5) is 12.3. The van der Waals surface area contributed by atoms with Gasteiger partial charge in [-0.25, -0.2) is 0 Å². The summed E-state index contributed by atoms with van der Waals surface area (Å²) in [5, 5.41) is 3.26. The van der Waals surface area contributed by atoms with Gasteiger partial charge in [0.25, 0.3) is 0 Å². The summed E-state index contributed by atoms with van der Waals surface area (Å²) in [6.45, 7) is 3.34. The number of benzene rings is 2. The molecular weight excluding hydrogens is 340 g/mol. The van der Waals surface area contributed by atoms with Gasteiger partial charge in [0.05, 0.1) is 17.3 Å². The van der Waals surface area contributed by atoms with Crippen molar-refractivity contribution in [2.45, 2.75) is 19.4 Å². The molecule has 134 valence electrons. The van der Waals surface area contributed by atoms with E-state index in [1.165, 1.54) is 0 Å². The molecule has 0 saturated heterocycles. The van der Waals surface area contributed by atoms with E-state index in [0.29, 0.717) is 36.3 Å². The molecule has 0 radical (unpaired) electrons. The predicted octanol–water partition coefficient (Wildman–Crippen LogP) is 3.78. The standard InChI is InChI=1S/C19H23ClN2O3/c1-2-24-11-12-25-19-15(20)9-6-10-17(19)22-18(23)13-16(21)14-7-4-3-5-8-14/h3-10,16H,2,11-13,21H2,1H3,(H,22,23). The summed E-state index contributed by atoms with van der Waals surface area (Å²) in [6, 6.07) is 14.3. The molecule has 1 amide bonds. The Kier molecular flexibility index (Phi) is 7.73. The van der Waals surface area contributed by atoms with Crippen molar-refractivity contribution in [1.82, 2.24) is 0 Å². The molecule has 2 aromatic carbocycles. The van der Waals surface area contributed by atoms with Crippen LogP contribution in [0.15, 0.2) is 48.5 Å². The van der Waals surface area contributed by atoms with E-state index < -0.39 is 0 Å². The number of carbonyl (C=O) groups excluding carboxylic acids is 1. The smallest absolute Gasteiger partial charge is 0.226 e. The highest BCUT2D eigenvalue weighted by molar-refractivity contribution is 6.32. The van der Waals surface area contributed by atoms with Gasteiger partial charge in [0.2, 0.25) is 5.91 Å². The van der Waals surface area contributed by atoms with E-state index in [1.807, 2.05) is 37.3 Å². The molecule has 1 atom stereocenters. The van der Waals surface area contributed by atoms with Crippen LogP contribution in [0.3, 0.4) is 0 Å². The third kappa shape index (κ3) is 6.05. The van der Waals surface area contributed by atoms with E-state index in [0.717, 1.165) is 5.56 Å². The second kappa shape index (κ2) is 10.0. The van der Waals surface area contributed by atoms with Gasteiger partial charge in [-0.15, -0.1) is 0 Å². The lowest BCUT2D eigenvalue weighted by Crippen LogP contribution is -2.21. The van der Waals surface area contributed by atoms with Crippen LogP contribution in [-0.4, -0.2) is 25.7 Å². The van der Waals surface area contributed by atoms with Gasteiger partial charge < -0.3 is 20.5 Å². The zero-order valence-corrected chi connectivity index (χ0v) is 15.0. The number of para-hydroxylation sites is 1. The molecule has 0 bridgehead atoms. The molecule has 0 aliphatic carbocycles. The van der Waals surface area contributed by atoms with Crippen molar-refractivity contribution >= 4 is 23.2 Å². The van der Waals surface area contributed by atoms with E-state index in [2.05, 4.69) is 5.32 Å². The van der Waals surface area contributed by atoms with Crippen LogP contribution in [0.25, 0.3) is 0 Å². The molecule has 2 aromatic rings. The van der Waals surface area contributed by atoms with Gasteiger partial charge in [0.1, 0.15) is 6.61 Å². The Morgan fingerprint density at radius 1 is 1.16 bits per heavy atom. The SMILES string of the molecule is CCOCCOc1c(Cl)cccc1NC(=O)CC(N)c1ccccc1. The Bertz CT molecular complexity index is 680. The fraction of sp³-hybridized carbons (Fsp3) is 0.316. The molecule has 0 spiro atoms. The highest BCUT2D eigenvalue weighted by Crippen LogP contribution is 2.33. The first-order chi connectivity index (χ1) is 12.1. The summed E-state index contributed by atoms with van der Waals surface area (Å²) < 4.78 is 10.9. The van der Waals surface area contributed by atoms with Crippen molar-refractivity contribution in [3.8, 4) is 5.75 Å². The van der Waals surface area contributed by atoms with Crippen molar-refractivity contribution in [2.24, 2.45) is 5.73 Å². The maximum Gasteiger partial charge on any atom is 0.226 e. The summed E-state index contributed by atoms with van der Waals surface area (Å²) in [5.74, 6) is 0.235. The van der Waals surface area contributed by atoms with E-state index in [1.54, 1.807) is 18.2 Å². The fourth-order valence-corrected chi connectivity index (χ4v) is 2.55. The van der Waals surface area contributed by atoms with Crippen LogP contribution < -0.4 is 15.8 Å². The summed E-state index contributed by atoms with van der Waals surface area (Å²) in [6.07, 6.45) is 0.162.